The molecular formula is C11H15BrN2OS. The number of nitrogens with zero attached hydrogens (tertiary/aromatic N) is 1. The first kappa shape index (κ1) is 13.4. The molecule has 0 fully saturated rings. The van der Waals surface area contributed by atoms with Gasteiger partial charge in [0.05, 0.1) is 14.4 Å². The first-order valence-electron chi connectivity index (χ1n) is 5.08. The van der Waals surface area contributed by atoms with Crippen LogP contribution in [-0.2, 0) is 4.79 Å². The Morgan fingerprint density at radius 2 is 2.25 bits per heavy atom. The molecule has 0 spiro atoms. The minimum Gasteiger partial charge on any atom is -0.273 e. The number of carbonyl (C=O) groups is 1. The maximum atomic E-state index is 11.4. The predicted octanol–water partition coefficient (Wildman–Crippen LogP) is 3.40. The highest BCUT2D eigenvalue weighted by Crippen LogP contribution is 2.22. The van der Waals surface area contributed by atoms with Crippen LogP contribution in [0.1, 0.15) is 32.1 Å². The molecule has 0 aliphatic rings. The molecular weight excluding hydrogens is 288 g/mol. The zero-order valence-electron chi connectivity index (χ0n) is 9.58. The van der Waals surface area contributed by atoms with E-state index < -0.39 is 0 Å². The van der Waals surface area contributed by atoms with E-state index in [9.17, 15) is 4.79 Å². The van der Waals surface area contributed by atoms with E-state index in [1.807, 2.05) is 32.9 Å². The molecule has 0 atom stereocenters. The third-order valence-electron chi connectivity index (χ3n) is 1.87. The van der Waals surface area contributed by atoms with Crippen LogP contribution in [0.4, 0.5) is 0 Å². The summed E-state index contributed by atoms with van der Waals surface area (Å²) in [6.45, 7) is 5.90. The second-order valence-corrected chi connectivity index (χ2v) is 6.40. The topological polar surface area (TPSA) is 41.5 Å². The van der Waals surface area contributed by atoms with Crippen LogP contribution in [0, 0.1) is 5.92 Å². The lowest BCUT2D eigenvalue weighted by molar-refractivity contribution is -0.121. The molecule has 0 radical (unpaired) electrons. The summed E-state index contributed by atoms with van der Waals surface area (Å²) < 4.78 is 1.06. The molecule has 0 aliphatic carbocycles. The van der Waals surface area contributed by atoms with E-state index in [1.165, 1.54) is 0 Å². The number of hydrogen-bond acceptors (Lipinski definition) is 3. The molecule has 0 unspecified atom stereocenters. The van der Waals surface area contributed by atoms with Gasteiger partial charge in [-0.2, -0.15) is 5.10 Å². The number of rotatable bonds is 4. The minimum atomic E-state index is -0.0371. The fraction of sp³-hybridized carbons (Fsp3) is 0.455. The number of nitrogens with one attached hydrogen (secondary N) is 1. The lowest BCUT2D eigenvalue weighted by Crippen LogP contribution is -2.20. The summed E-state index contributed by atoms with van der Waals surface area (Å²) in [7, 11) is 0. The summed E-state index contributed by atoms with van der Waals surface area (Å²) in [4.78, 5) is 12.4. The van der Waals surface area contributed by atoms with E-state index >= 15 is 0 Å². The van der Waals surface area contributed by atoms with Crippen molar-refractivity contribution in [3.63, 3.8) is 0 Å². The van der Waals surface area contributed by atoms with Gasteiger partial charge in [-0.1, -0.05) is 13.8 Å². The van der Waals surface area contributed by atoms with Crippen molar-refractivity contribution in [1.82, 2.24) is 5.43 Å². The molecule has 1 aromatic heterocycles. The van der Waals surface area contributed by atoms with Crippen LogP contribution in [0.15, 0.2) is 21.0 Å². The Morgan fingerprint density at radius 3 is 2.75 bits per heavy atom. The third kappa shape index (κ3) is 4.45. The maximum absolute atomic E-state index is 11.4. The molecule has 0 aromatic carbocycles. The highest BCUT2D eigenvalue weighted by Gasteiger charge is 2.05. The molecule has 0 bridgehead atoms. The van der Waals surface area contributed by atoms with Crippen molar-refractivity contribution in [2.75, 3.05) is 0 Å². The van der Waals surface area contributed by atoms with Gasteiger partial charge in [0, 0.05) is 6.42 Å². The minimum absolute atomic E-state index is 0.0371. The van der Waals surface area contributed by atoms with E-state index in [2.05, 4.69) is 26.5 Å². The molecule has 5 heteroatoms. The predicted molar refractivity (Wildman–Crippen MR) is 71.8 cm³/mol. The van der Waals surface area contributed by atoms with Crippen molar-refractivity contribution in [3.05, 3.63) is 20.8 Å². The lowest BCUT2D eigenvalue weighted by atomic mass is 10.1. The third-order valence-corrected chi connectivity index (χ3v) is 3.60. The monoisotopic (exact) mass is 302 g/mol. The van der Waals surface area contributed by atoms with Gasteiger partial charge < -0.3 is 0 Å². The molecule has 16 heavy (non-hydrogen) atoms. The van der Waals surface area contributed by atoms with Gasteiger partial charge in [0.15, 0.2) is 0 Å². The van der Waals surface area contributed by atoms with Gasteiger partial charge in [0.25, 0.3) is 0 Å². The highest BCUT2D eigenvalue weighted by atomic mass is 79.9. The van der Waals surface area contributed by atoms with E-state index in [1.54, 1.807) is 11.3 Å². The van der Waals surface area contributed by atoms with Crippen molar-refractivity contribution in [3.8, 4) is 0 Å². The Labute approximate surface area is 108 Å². The smallest absolute Gasteiger partial charge is 0.240 e. The Hall–Kier alpha value is -0.680. The Balaban J connectivity index is 2.54. The molecule has 1 heterocycles. The van der Waals surface area contributed by atoms with Gasteiger partial charge >= 0.3 is 0 Å². The summed E-state index contributed by atoms with van der Waals surface area (Å²) in [5.41, 5.74) is 3.39. The summed E-state index contributed by atoms with van der Waals surface area (Å²) >= 11 is 4.99. The fourth-order valence-corrected chi connectivity index (χ4v) is 2.46. The number of amides is 1. The quantitative estimate of drug-likeness (QED) is 0.672. The summed E-state index contributed by atoms with van der Waals surface area (Å²) in [6, 6.07) is 3.94. The van der Waals surface area contributed by atoms with E-state index in [0.29, 0.717) is 12.3 Å². The standard InChI is InChI=1S/C11H15BrN2OS/c1-7(2)6-11(15)14-13-8(3)9-4-5-10(12)16-9/h4-5,7H,6H2,1-3H3,(H,14,15)/b13-8-. The Morgan fingerprint density at radius 1 is 1.56 bits per heavy atom. The normalized spacial score (nSPS) is 11.9. The fourth-order valence-electron chi connectivity index (χ4n) is 1.13. The van der Waals surface area contributed by atoms with E-state index in [-0.39, 0.29) is 5.91 Å². The molecule has 1 aromatic rings. The second-order valence-electron chi connectivity index (χ2n) is 3.93. The van der Waals surface area contributed by atoms with Crippen molar-refractivity contribution in [1.29, 1.82) is 0 Å². The highest BCUT2D eigenvalue weighted by molar-refractivity contribution is 9.11. The molecule has 1 amide bonds. The van der Waals surface area contributed by atoms with Crippen LogP contribution in [0.25, 0.3) is 0 Å². The molecule has 0 saturated carbocycles. The van der Waals surface area contributed by atoms with E-state index in [0.717, 1.165) is 14.4 Å². The zero-order valence-corrected chi connectivity index (χ0v) is 12.0. The van der Waals surface area contributed by atoms with Crippen molar-refractivity contribution in [2.45, 2.75) is 27.2 Å². The molecule has 3 nitrogen and oxygen atoms in total. The molecule has 0 aliphatic heterocycles. The van der Waals surface area contributed by atoms with E-state index in [4.69, 9.17) is 0 Å². The zero-order chi connectivity index (χ0) is 12.1. The first-order valence-corrected chi connectivity index (χ1v) is 6.69. The van der Waals surface area contributed by atoms with Crippen LogP contribution in [0.3, 0.4) is 0 Å². The van der Waals surface area contributed by atoms with Crippen LogP contribution < -0.4 is 5.43 Å². The Bertz CT molecular complexity index is 398. The van der Waals surface area contributed by atoms with Crippen LogP contribution in [-0.4, -0.2) is 11.6 Å². The van der Waals surface area contributed by atoms with Gasteiger partial charge in [0.1, 0.15) is 0 Å². The van der Waals surface area contributed by atoms with Gasteiger partial charge in [0.2, 0.25) is 5.91 Å². The number of hydrazone groups is 1. The molecule has 88 valence electrons. The van der Waals surface area contributed by atoms with Crippen molar-refractivity contribution < 1.29 is 4.79 Å². The number of thiophene rings is 1. The summed E-state index contributed by atoms with van der Waals surface area (Å²) in [5, 5.41) is 4.07. The maximum Gasteiger partial charge on any atom is 0.240 e. The molecule has 1 N–H and O–H groups in total. The van der Waals surface area contributed by atoms with Gasteiger partial charge in [-0.3, -0.25) is 4.79 Å². The van der Waals surface area contributed by atoms with Crippen LogP contribution in [0.5, 0.6) is 0 Å². The average molecular weight is 303 g/mol. The second kappa shape index (κ2) is 6.15. The van der Waals surface area contributed by atoms with Gasteiger partial charge in [-0.05, 0) is 40.9 Å². The SMILES string of the molecule is C/C(=N/NC(=O)CC(C)C)c1ccc(Br)s1. The average Bonchev–Trinajstić information content (AvgIpc) is 2.60. The largest absolute Gasteiger partial charge is 0.273 e. The van der Waals surface area contributed by atoms with Crippen molar-refractivity contribution >= 4 is 38.9 Å². The number of carbonyl (C=O) groups excluding carboxylic acids is 1. The molecule has 0 saturated heterocycles. The Kier molecular flexibility index (Phi) is 5.15. The summed E-state index contributed by atoms with van der Waals surface area (Å²) in [5.74, 6) is 0.316. The van der Waals surface area contributed by atoms with Gasteiger partial charge in [-0.15, -0.1) is 11.3 Å². The van der Waals surface area contributed by atoms with Gasteiger partial charge in [-0.25, -0.2) is 5.43 Å². The number of halogens is 1. The van der Waals surface area contributed by atoms with Crippen molar-refractivity contribution in [2.24, 2.45) is 11.0 Å². The molecule has 1 rings (SSSR count). The lowest BCUT2D eigenvalue weighted by Gasteiger charge is -2.03. The number of hydrogen-bond donors (Lipinski definition) is 1. The first-order chi connectivity index (χ1) is 7.49. The summed E-state index contributed by atoms with van der Waals surface area (Å²) in [6.07, 6.45) is 0.505. The van der Waals surface area contributed by atoms with Crippen LogP contribution in [0.2, 0.25) is 0 Å². The van der Waals surface area contributed by atoms with Crippen LogP contribution >= 0.6 is 27.3 Å².